The summed E-state index contributed by atoms with van der Waals surface area (Å²) in [4.78, 5) is 2.20. The predicted molar refractivity (Wildman–Crippen MR) is 408 cm³/mol. The largest absolute Gasteiger partial charge is 0.453 e. The van der Waals surface area contributed by atoms with E-state index in [1.165, 1.54) is 172 Å². The Morgan fingerprint density at radius 1 is 0.383 bits per heavy atom. The van der Waals surface area contributed by atoms with Gasteiger partial charge in [-0.3, -0.25) is 0 Å². The summed E-state index contributed by atoms with van der Waals surface area (Å²) in [6, 6.07) is 83.9. The molecule has 13 aromatic carbocycles. The van der Waals surface area contributed by atoms with Gasteiger partial charge in [-0.1, -0.05) is 200 Å². The molecule has 5 nitrogen and oxygen atoms in total. The lowest BCUT2D eigenvalue weighted by Gasteiger charge is -2.32. The highest BCUT2D eigenvalue weighted by Crippen LogP contribution is 2.48. The normalized spacial score (nSPS) is 12.5. The third kappa shape index (κ3) is 10.7. The highest BCUT2D eigenvalue weighted by atomic mass is 16.5. The van der Waals surface area contributed by atoms with E-state index in [4.69, 9.17) is 4.74 Å². The second-order valence-corrected chi connectivity index (χ2v) is 27.1. The highest BCUT2D eigenvalue weighted by molar-refractivity contribution is 6.20. The molecule has 0 bridgehead atoms. The Morgan fingerprint density at radius 2 is 0.904 bits per heavy atom. The zero-order chi connectivity index (χ0) is 65.3. The highest BCUT2D eigenvalue weighted by Gasteiger charge is 2.26. The van der Waals surface area contributed by atoms with E-state index < -0.39 is 0 Å². The van der Waals surface area contributed by atoms with Crippen LogP contribution < -0.4 is 9.64 Å². The smallest absolute Gasteiger partial charge is 0.151 e. The lowest BCUT2D eigenvalue weighted by Crippen LogP contribution is -2.19. The van der Waals surface area contributed by atoms with Crippen LogP contribution in [-0.4, -0.2) is 20.7 Å². The standard InChI is InChI=1S/C26H25N.C23H19N.C21H19N.C19H23NO/c1-5-16(2)18-10-11-19-14-24-23(13-21(19)12-18)26-17(3)22-9-7-6-8-20(22)15-25(26)27(24)4;1-14-18-10-6-4-8-16(18)12-20-22(14)23-15(2)19-11-7-5-9-17(19)13-21(23)24(20)3;1-3-15-9-11-20-18(13-15)19-14-17(10-12-21(19)22(20)2)16-7-5-4-6-8-16;1-5-12-19(2,3)14-10-11-16-18(13-14)21-17-9-7-6-8-15(17)20(16)4/h6-16H,5H2,1-4H3;4-13H,1-3H3;4-14H,3H2,1-2H3;6-11,13H,5,12H2,1-4H3. The number of aromatic nitrogens is 3. The monoisotopic (exact) mass is 1230 g/mol. The minimum atomic E-state index is 0.183. The van der Waals surface area contributed by atoms with Crippen LogP contribution in [0.3, 0.4) is 0 Å². The number of hydrogen-bond donors (Lipinski definition) is 0. The van der Waals surface area contributed by atoms with Crippen molar-refractivity contribution < 1.29 is 4.74 Å². The average Bonchev–Trinajstić information content (AvgIpc) is 1.57. The molecule has 17 rings (SSSR count). The Bertz CT molecular complexity index is 5500. The lowest BCUT2D eigenvalue weighted by molar-refractivity contribution is 0.455. The first-order valence-corrected chi connectivity index (χ1v) is 33.9. The molecule has 0 saturated carbocycles. The molecule has 0 amide bonds. The maximum absolute atomic E-state index is 6.12. The second-order valence-electron chi connectivity index (χ2n) is 27.1. The van der Waals surface area contributed by atoms with Crippen molar-refractivity contribution in [3.05, 3.63) is 264 Å². The van der Waals surface area contributed by atoms with Gasteiger partial charge in [0.15, 0.2) is 11.5 Å². The van der Waals surface area contributed by atoms with Crippen LogP contribution in [0.2, 0.25) is 0 Å². The summed E-state index contributed by atoms with van der Waals surface area (Å²) in [6.45, 7) is 20.4. The lowest BCUT2D eigenvalue weighted by atomic mass is 9.80. The maximum atomic E-state index is 6.12. The van der Waals surface area contributed by atoms with Gasteiger partial charge in [-0.15, -0.1) is 0 Å². The van der Waals surface area contributed by atoms with Gasteiger partial charge < -0.3 is 23.3 Å². The number of benzene rings is 13. The summed E-state index contributed by atoms with van der Waals surface area (Å²) in [5.41, 5.74) is 21.2. The van der Waals surface area contributed by atoms with Crippen LogP contribution in [0.15, 0.2) is 231 Å². The van der Waals surface area contributed by atoms with E-state index in [0.717, 1.165) is 29.3 Å². The molecule has 0 saturated heterocycles. The van der Waals surface area contributed by atoms with E-state index >= 15 is 0 Å². The third-order valence-electron chi connectivity index (χ3n) is 21.0. The zero-order valence-electron chi connectivity index (χ0n) is 57.0. The first kappa shape index (κ1) is 61.4. The maximum Gasteiger partial charge on any atom is 0.151 e. The molecule has 1 unspecified atom stereocenters. The minimum Gasteiger partial charge on any atom is -0.453 e. The van der Waals surface area contributed by atoms with Crippen molar-refractivity contribution in [1.29, 1.82) is 0 Å². The summed E-state index contributed by atoms with van der Waals surface area (Å²) < 4.78 is 13.1. The van der Waals surface area contributed by atoms with Crippen molar-refractivity contribution in [2.75, 3.05) is 11.9 Å². The van der Waals surface area contributed by atoms with E-state index in [2.05, 4.69) is 321 Å². The molecule has 4 heterocycles. The van der Waals surface area contributed by atoms with E-state index in [0.29, 0.717) is 5.92 Å². The zero-order valence-corrected chi connectivity index (χ0v) is 57.0. The van der Waals surface area contributed by atoms with Crippen molar-refractivity contribution in [3.8, 4) is 22.6 Å². The molecule has 0 N–H and O–H groups in total. The Balaban J connectivity index is 0.000000109. The van der Waals surface area contributed by atoms with Gasteiger partial charge in [0.2, 0.25) is 0 Å². The van der Waals surface area contributed by atoms with Crippen LogP contribution in [0, 0.1) is 20.8 Å². The summed E-state index contributed by atoms with van der Waals surface area (Å²) in [5.74, 6) is 2.49. The quantitative estimate of drug-likeness (QED) is 0.159. The van der Waals surface area contributed by atoms with Crippen molar-refractivity contribution in [3.63, 3.8) is 0 Å². The fourth-order valence-electron chi connectivity index (χ4n) is 15.3. The van der Waals surface area contributed by atoms with Gasteiger partial charge in [-0.2, -0.15) is 0 Å². The van der Waals surface area contributed by atoms with Crippen LogP contribution in [-0.2, 0) is 33.0 Å². The fraction of sp³-hybridized carbons (Fsp3) is 0.213. The first-order valence-electron chi connectivity index (χ1n) is 33.9. The molecule has 1 aliphatic rings. The van der Waals surface area contributed by atoms with E-state index in [1.54, 1.807) is 0 Å². The van der Waals surface area contributed by atoms with Crippen LogP contribution in [0.4, 0.5) is 11.4 Å². The van der Waals surface area contributed by atoms with Gasteiger partial charge in [0, 0.05) is 93.6 Å². The number of anilines is 2. The van der Waals surface area contributed by atoms with E-state index in [9.17, 15) is 0 Å². The SMILES string of the molecule is CCC(C)c1ccc2cc3c(cc2c1)c1c(C)c2ccccc2cc1n3C.CCCC(C)(C)c1ccc2c(c1)Oc1ccccc1N2C.CCc1ccc2c(c1)c1cc(-c3ccccc3)ccc1n2C.Cc1c2ccccc2cc2c1c1c(C)c3ccccc3cc1n2C. The van der Waals surface area contributed by atoms with Crippen LogP contribution in [0.5, 0.6) is 11.5 Å². The molecule has 1 atom stereocenters. The molecule has 0 spiro atoms. The topological polar surface area (TPSA) is 27.3 Å². The van der Waals surface area contributed by atoms with Gasteiger partial charge in [-0.25, -0.2) is 0 Å². The molecule has 0 radical (unpaired) electrons. The van der Waals surface area contributed by atoms with Gasteiger partial charge in [0.05, 0.1) is 11.4 Å². The molecule has 0 aliphatic carbocycles. The predicted octanol–water partition coefficient (Wildman–Crippen LogP) is 24.9. The number of rotatable bonds is 7. The molecular weight excluding hydrogens is 1140 g/mol. The van der Waals surface area contributed by atoms with Gasteiger partial charge in [0.1, 0.15) is 0 Å². The average molecular weight is 1230 g/mol. The molecule has 1 aliphatic heterocycles. The summed E-state index contributed by atoms with van der Waals surface area (Å²) >= 11 is 0. The molecule has 3 aromatic heterocycles. The van der Waals surface area contributed by atoms with E-state index in [1.807, 2.05) is 18.2 Å². The summed E-state index contributed by atoms with van der Waals surface area (Å²) in [6.07, 6.45) is 4.61. The Labute approximate surface area is 554 Å². The van der Waals surface area contributed by atoms with Crippen LogP contribution in [0.1, 0.15) is 100 Å². The van der Waals surface area contributed by atoms with Crippen molar-refractivity contribution in [2.24, 2.45) is 21.1 Å². The second kappa shape index (κ2) is 24.7. The Kier molecular flexibility index (Phi) is 16.2. The third-order valence-corrected chi connectivity index (χ3v) is 21.0. The van der Waals surface area contributed by atoms with Crippen LogP contribution in [0.25, 0.3) is 120 Å². The molecule has 94 heavy (non-hydrogen) atoms. The number of fused-ring (bicyclic) bond motifs is 15. The van der Waals surface area contributed by atoms with Crippen molar-refractivity contribution in [2.45, 2.75) is 99.3 Å². The number of ether oxygens (including phenoxy) is 1. The molecule has 5 heteroatoms. The van der Waals surface area contributed by atoms with Gasteiger partial charge in [0.25, 0.3) is 0 Å². The van der Waals surface area contributed by atoms with Crippen molar-refractivity contribution >= 4 is 120 Å². The Hall–Kier alpha value is -10.1. The number of hydrogen-bond acceptors (Lipinski definition) is 2. The summed E-state index contributed by atoms with van der Waals surface area (Å²) in [5, 5.41) is 18.9. The minimum absolute atomic E-state index is 0.183. The van der Waals surface area contributed by atoms with Crippen LogP contribution >= 0.6 is 0 Å². The van der Waals surface area contributed by atoms with Crippen molar-refractivity contribution in [1.82, 2.24) is 13.7 Å². The molecular formula is C89H86N4O. The summed E-state index contributed by atoms with van der Waals surface area (Å²) in [7, 11) is 8.63. The first-order chi connectivity index (χ1) is 45.5. The van der Waals surface area contributed by atoms with Gasteiger partial charge >= 0.3 is 0 Å². The molecule has 468 valence electrons. The van der Waals surface area contributed by atoms with Gasteiger partial charge in [-0.05, 0) is 218 Å². The number of para-hydroxylation sites is 2. The fourth-order valence-corrected chi connectivity index (χ4v) is 15.3. The number of aryl methyl sites for hydroxylation is 7. The molecule has 0 fully saturated rings. The molecule has 16 aromatic rings. The number of nitrogens with zero attached hydrogens (tertiary/aromatic N) is 4. The van der Waals surface area contributed by atoms with E-state index in [-0.39, 0.29) is 5.41 Å². The Morgan fingerprint density at radius 3 is 1.52 bits per heavy atom.